The smallest absolute Gasteiger partial charge is 0.241 e. The number of nitrogens with zero attached hydrogens (tertiary/aromatic N) is 3. The van der Waals surface area contributed by atoms with E-state index in [-0.39, 0.29) is 11.8 Å². The molecule has 1 saturated heterocycles. The lowest BCUT2D eigenvalue weighted by Gasteiger charge is -2.30. The van der Waals surface area contributed by atoms with Gasteiger partial charge in [-0.2, -0.15) is 4.98 Å². The molecule has 2 heterocycles. The Morgan fingerprint density at radius 2 is 2.06 bits per heavy atom. The number of nitrogens with one attached hydrogen (secondary N) is 1. The van der Waals surface area contributed by atoms with Crippen LogP contribution in [0.1, 0.15) is 36.3 Å². The molecule has 162 valence electrons. The first-order valence-corrected chi connectivity index (χ1v) is 11.1. The van der Waals surface area contributed by atoms with Crippen LogP contribution in [-0.4, -0.2) is 40.6 Å². The van der Waals surface area contributed by atoms with E-state index in [9.17, 15) is 4.79 Å². The Morgan fingerprint density at radius 3 is 2.90 bits per heavy atom. The minimum Gasteiger partial charge on any atom is -0.356 e. The largest absolute Gasteiger partial charge is 0.356 e. The SMILES string of the molecule is Cc1cccc(CCCNC(=O)C2CCCN(Cc3nc(-c4ccccc4)no3)C2)c1. The quantitative estimate of drug-likeness (QED) is 0.560. The van der Waals surface area contributed by atoms with Crippen LogP contribution in [-0.2, 0) is 17.8 Å². The highest BCUT2D eigenvalue weighted by atomic mass is 16.5. The van der Waals surface area contributed by atoms with Gasteiger partial charge in [-0.15, -0.1) is 0 Å². The molecular weight excluding hydrogens is 388 g/mol. The monoisotopic (exact) mass is 418 g/mol. The van der Waals surface area contributed by atoms with Crippen LogP contribution in [0.5, 0.6) is 0 Å². The zero-order chi connectivity index (χ0) is 21.5. The number of hydrogen-bond acceptors (Lipinski definition) is 5. The number of aromatic nitrogens is 2. The highest BCUT2D eigenvalue weighted by Gasteiger charge is 2.26. The van der Waals surface area contributed by atoms with E-state index < -0.39 is 0 Å². The van der Waals surface area contributed by atoms with Crippen molar-refractivity contribution in [2.75, 3.05) is 19.6 Å². The summed E-state index contributed by atoms with van der Waals surface area (Å²) in [5.41, 5.74) is 3.55. The lowest BCUT2D eigenvalue weighted by molar-refractivity contribution is -0.126. The third kappa shape index (κ3) is 6.01. The van der Waals surface area contributed by atoms with Gasteiger partial charge in [0.05, 0.1) is 12.5 Å². The van der Waals surface area contributed by atoms with Crippen LogP contribution in [0.2, 0.25) is 0 Å². The van der Waals surface area contributed by atoms with Crippen molar-refractivity contribution < 1.29 is 9.32 Å². The number of aryl methyl sites for hydroxylation is 2. The maximum absolute atomic E-state index is 12.7. The molecule has 1 aliphatic rings. The Balaban J connectivity index is 1.23. The molecule has 1 fully saturated rings. The van der Waals surface area contributed by atoms with E-state index >= 15 is 0 Å². The maximum atomic E-state index is 12.7. The molecule has 0 saturated carbocycles. The molecule has 1 atom stereocenters. The summed E-state index contributed by atoms with van der Waals surface area (Å²) in [6, 6.07) is 18.4. The second-order valence-corrected chi connectivity index (χ2v) is 8.34. The van der Waals surface area contributed by atoms with E-state index in [4.69, 9.17) is 4.52 Å². The van der Waals surface area contributed by atoms with E-state index in [0.29, 0.717) is 24.8 Å². The molecule has 3 aromatic rings. The third-order valence-electron chi connectivity index (χ3n) is 5.76. The van der Waals surface area contributed by atoms with Crippen molar-refractivity contribution >= 4 is 5.91 Å². The lowest BCUT2D eigenvalue weighted by Crippen LogP contribution is -2.43. The van der Waals surface area contributed by atoms with Crippen molar-refractivity contribution in [3.05, 3.63) is 71.6 Å². The van der Waals surface area contributed by atoms with Crippen LogP contribution in [0.3, 0.4) is 0 Å². The van der Waals surface area contributed by atoms with Crippen LogP contribution in [0.25, 0.3) is 11.4 Å². The molecule has 2 aromatic carbocycles. The van der Waals surface area contributed by atoms with Gasteiger partial charge in [-0.3, -0.25) is 9.69 Å². The van der Waals surface area contributed by atoms with Gasteiger partial charge in [0.1, 0.15) is 0 Å². The second-order valence-electron chi connectivity index (χ2n) is 8.34. The van der Waals surface area contributed by atoms with Gasteiger partial charge < -0.3 is 9.84 Å². The molecule has 1 aliphatic heterocycles. The molecular formula is C25H30N4O2. The summed E-state index contributed by atoms with van der Waals surface area (Å²) >= 11 is 0. The van der Waals surface area contributed by atoms with Crippen molar-refractivity contribution in [2.24, 2.45) is 5.92 Å². The Bertz CT molecular complexity index is 986. The first kappa shape index (κ1) is 21.2. The van der Waals surface area contributed by atoms with Crippen LogP contribution < -0.4 is 5.32 Å². The van der Waals surface area contributed by atoms with Gasteiger partial charge in [0, 0.05) is 18.7 Å². The fourth-order valence-corrected chi connectivity index (χ4v) is 4.14. The number of carbonyl (C=O) groups is 1. The molecule has 1 unspecified atom stereocenters. The van der Waals surface area contributed by atoms with Crippen LogP contribution >= 0.6 is 0 Å². The number of hydrogen-bond donors (Lipinski definition) is 1. The molecule has 6 heteroatoms. The molecule has 31 heavy (non-hydrogen) atoms. The second kappa shape index (κ2) is 10.4. The molecule has 6 nitrogen and oxygen atoms in total. The topological polar surface area (TPSA) is 71.3 Å². The van der Waals surface area contributed by atoms with Gasteiger partial charge in [-0.1, -0.05) is 65.3 Å². The van der Waals surface area contributed by atoms with Crippen LogP contribution in [0.4, 0.5) is 0 Å². The number of benzene rings is 2. The predicted molar refractivity (Wildman–Crippen MR) is 120 cm³/mol. The minimum atomic E-state index is 0.0178. The number of amides is 1. The van der Waals surface area contributed by atoms with Gasteiger partial charge in [-0.25, -0.2) is 0 Å². The number of carbonyl (C=O) groups excluding carboxylic acids is 1. The summed E-state index contributed by atoms with van der Waals surface area (Å²) in [6.07, 6.45) is 3.87. The number of piperidine rings is 1. The van der Waals surface area contributed by atoms with Crippen molar-refractivity contribution in [3.63, 3.8) is 0 Å². The summed E-state index contributed by atoms with van der Waals surface area (Å²) in [4.78, 5) is 19.4. The van der Waals surface area contributed by atoms with Crippen molar-refractivity contribution in [1.82, 2.24) is 20.4 Å². The summed E-state index contributed by atoms with van der Waals surface area (Å²) in [7, 11) is 0. The Kier molecular flexibility index (Phi) is 7.10. The normalized spacial score (nSPS) is 16.9. The molecule has 1 amide bonds. The predicted octanol–water partition coefficient (Wildman–Crippen LogP) is 4.01. The minimum absolute atomic E-state index is 0.0178. The van der Waals surface area contributed by atoms with Crippen LogP contribution in [0, 0.1) is 12.8 Å². The van der Waals surface area contributed by atoms with E-state index in [1.54, 1.807) is 0 Å². The summed E-state index contributed by atoms with van der Waals surface area (Å²) in [5, 5.41) is 7.22. The number of rotatable bonds is 8. The van der Waals surface area contributed by atoms with E-state index in [0.717, 1.165) is 44.3 Å². The zero-order valence-corrected chi connectivity index (χ0v) is 18.1. The average Bonchev–Trinajstić information content (AvgIpc) is 3.26. The van der Waals surface area contributed by atoms with Gasteiger partial charge >= 0.3 is 0 Å². The average molecular weight is 419 g/mol. The fourth-order valence-electron chi connectivity index (χ4n) is 4.14. The summed E-state index contributed by atoms with van der Waals surface area (Å²) in [6.45, 7) is 5.08. The van der Waals surface area contributed by atoms with Gasteiger partial charge in [0.25, 0.3) is 0 Å². The Morgan fingerprint density at radius 1 is 1.19 bits per heavy atom. The first-order valence-electron chi connectivity index (χ1n) is 11.1. The van der Waals surface area contributed by atoms with Crippen molar-refractivity contribution in [1.29, 1.82) is 0 Å². The molecule has 1 aromatic heterocycles. The fraction of sp³-hybridized carbons (Fsp3) is 0.400. The summed E-state index contributed by atoms with van der Waals surface area (Å²) < 4.78 is 5.44. The van der Waals surface area contributed by atoms with E-state index in [1.165, 1.54) is 11.1 Å². The lowest BCUT2D eigenvalue weighted by atomic mass is 9.97. The first-order chi connectivity index (χ1) is 15.2. The van der Waals surface area contributed by atoms with Gasteiger partial charge in [0.15, 0.2) is 0 Å². The van der Waals surface area contributed by atoms with Crippen molar-refractivity contribution in [2.45, 2.75) is 39.2 Å². The maximum Gasteiger partial charge on any atom is 0.241 e. The third-order valence-corrected chi connectivity index (χ3v) is 5.76. The van der Waals surface area contributed by atoms with E-state index in [1.807, 2.05) is 30.3 Å². The molecule has 0 aliphatic carbocycles. The molecule has 0 spiro atoms. The zero-order valence-electron chi connectivity index (χ0n) is 18.1. The van der Waals surface area contributed by atoms with Crippen molar-refractivity contribution in [3.8, 4) is 11.4 Å². The molecule has 1 N–H and O–H groups in total. The Labute approximate surface area is 183 Å². The standard InChI is InChI=1S/C25H30N4O2/c1-19-8-5-9-20(16-19)10-6-14-26-25(30)22-13-7-15-29(17-22)18-23-27-24(28-31-23)21-11-3-2-4-12-21/h2-5,8-9,11-12,16,22H,6-7,10,13-15,17-18H2,1H3,(H,26,30). The molecule has 0 bridgehead atoms. The van der Waals surface area contributed by atoms with Gasteiger partial charge in [-0.05, 0) is 44.7 Å². The molecule has 4 rings (SSSR count). The highest BCUT2D eigenvalue weighted by Crippen LogP contribution is 2.20. The molecule has 0 radical (unpaired) electrons. The van der Waals surface area contributed by atoms with E-state index in [2.05, 4.69) is 51.5 Å². The van der Waals surface area contributed by atoms with Gasteiger partial charge in [0.2, 0.25) is 17.6 Å². The summed E-state index contributed by atoms with van der Waals surface area (Å²) in [5.74, 6) is 1.38. The Hall–Kier alpha value is -2.99. The highest BCUT2D eigenvalue weighted by molar-refractivity contribution is 5.78. The van der Waals surface area contributed by atoms with Crippen LogP contribution in [0.15, 0.2) is 59.1 Å². The number of likely N-dealkylation sites (tertiary alicyclic amines) is 1.